The van der Waals surface area contributed by atoms with Crippen LogP contribution < -0.4 is 10.1 Å². The Labute approximate surface area is 140 Å². The first-order valence-corrected chi connectivity index (χ1v) is 7.66. The number of aryl methyl sites for hydroxylation is 1. The molecule has 0 aliphatic heterocycles. The predicted octanol–water partition coefficient (Wildman–Crippen LogP) is 3.62. The first-order valence-electron chi connectivity index (χ1n) is 7.66. The molecule has 126 valence electrons. The lowest BCUT2D eigenvalue weighted by Gasteiger charge is -2.11. The van der Waals surface area contributed by atoms with Crippen molar-refractivity contribution in [3.8, 4) is 5.75 Å². The maximum Gasteiger partial charge on any atom is 0.285 e. The molecule has 0 atom stereocenters. The fourth-order valence-corrected chi connectivity index (χ4v) is 2.32. The van der Waals surface area contributed by atoms with E-state index in [4.69, 9.17) is 4.74 Å². The van der Waals surface area contributed by atoms with Gasteiger partial charge in [0.25, 0.3) is 11.6 Å². The molecule has 24 heavy (non-hydrogen) atoms. The van der Waals surface area contributed by atoms with E-state index in [1.807, 2.05) is 38.1 Å². The average molecular weight is 328 g/mol. The average Bonchev–Trinajstić information content (AvgIpc) is 2.52. The van der Waals surface area contributed by atoms with Crippen LogP contribution >= 0.6 is 0 Å². The van der Waals surface area contributed by atoms with Crippen molar-refractivity contribution < 1.29 is 14.5 Å². The lowest BCUT2D eigenvalue weighted by molar-refractivity contribution is -0.385. The second kappa shape index (κ2) is 7.59. The summed E-state index contributed by atoms with van der Waals surface area (Å²) >= 11 is 0. The Balaban J connectivity index is 2.06. The normalized spacial score (nSPS) is 10.5. The van der Waals surface area contributed by atoms with Gasteiger partial charge in [-0.1, -0.05) is 24.3 Å². The molecule has 2 rings (SSSR count). The SMILES string of the molecule is Cc1cccc(C(=O)NCc2ccc(OC(C)C)cc2)c1[N+](=O)[O-]. The number of hydrogen-bond acceptors (Lipinski definition) is 4. The summed E-state index contributed by atoms with van der Waals surface area (Å²) in [6, 6.07) is 12.1. The number of hydrogen-bond donors (Lipinski definition) is 1. The van der Waals surface area contributed by atoms with Gasteiger partial charge in [0.1, 0.15) is 11.3 Å². The van der Waals surface area contributed by atoms with Crippen LogP contribution in [0.25, 0.3) is 0 Å². The molecule has 1 amide bonds. The molecule has 0 aromatic heterocycles. The van der Waals surface area contributed by atoms with E-state index in [0.29, 0.717) is 5.56 Å². The van der Waals surface area contributed by atoms with E-state index >= 15 is 0 Å². The Morgan fingerprint density at radius 1 is 1.21 bits per heavy atom. The summed E-state index contributed by atoms with van der Waals surface area (Å²) < 4.78 is 5.56. The molecule has 0 aliphatic carbocycles. The Kier molecular flexibility index (Phi) is 5.52. The van der Waals surface area contributed by atoms with E-state index < -0.39 is 10.8 Å². The summed E-state index contributed by atoms with van der Waals surface area (Å²) in [5.74, 6) is 0.294. The summed E-state index contributed by atoms with van der Waals surface area (Å²) in [6.45, 7) is 5.79. The van der Waals surface area contributed by atoms with Crippen molar-refractivity contribution in [2.24, 2.45) is 0 Å². The number of nitro groups is 1. The number of nitro benzene ring substituents is 1. The van der Waals surface area contributed by atoms with Crippen molar-refractivity contribution in [3.05, 3.63) is 69.3 Å². The van der Waals surface area contributed by atoms with Gasteiger partial charge in [0, 0.05) is 12.1 Å². The van der Waals surface area contributed by atoms with Crippen LogP contribution in [-0.2, 0) is 6.54 Å². The van der Waals surface area contributed by atoms with Gasteiger partial charge in [-0.15, -0.1) is 0 Å². The highest BCUT2D eigenvalue weighted by atomic mass is 16.6. The standard InChI is InChI=1S/C18H20N2O4/c1-12(2)24-15-9-7-14(8-10-15)11-19-18(21)16-6-4-5-13(3)17(16)20(22)23/h4-10,12H,11H2,1-3H3,(H,19,21). The number of nitrogens with zero attached hydrogens (tertiary/aromatic N) is 1. The van der Waals surface area contributed by atoms with Gasteiger partial charge in [0.05, 0.1) is 11.0 Å². The first kappa shape index (κ1) is 17.5. The highest BCUT2D eigenvalue weighted by Crippen LogP contribution is 2.23. The first-order chi connectivity index (χ1) is 11.4. The van der Waals surface area contributed by atoms with Gasteiger partial charge in [-0.05, 0) is 44.5 Å². The van der Waals surface area contributed by atoms with E-state index in [-0.39, 0.29) is 23.9 Å². The minimum absolute atomic E-state index is 0.0692. The molecule has 6 heteroatoms. The van der Waals surface area contributed by atoms with Crippen LogP contribution in [0.5, 0.6) is 5.75 Å². The number of para-hydroxylation sites is 1. The highest BCUT2D eigenvalue weighted by Gasteiger charge is 2.21. The molecule has 1 N–H and O–H groups in total. The number of benzene rings is 2. The largest absolute Gasteiger partial charge is 0.491 e. The van der Waals surface area contributed by atoms with Crippen LogP contribution in [0.4, 0.5) is 5.69 Å². The highest BCUT2D eigenvalue weighted by molar-refractivity contribution is 5.98. The number of carbonyl (C=O) groups is 1. The van der Waals surface area contributed by atoms with Gasteiger partial charge in [-0.3, -0.25) is 14.9 Å². The summed E-state index contributed by atoms with van der Waals surface area (Å²) in [5.41, 5.74) is 1.26. The topological polar surface area (TPSA) is 81.5 Å². The van der Waals surface area contributed by atoms with Crippen molar-refractivity contribution in [1.82, 2.24) is 5.32 Å². The van der Waals surface area contributed by atoms with Gasteiger partial charge >= 0.3 is 0 Å². The van der Waals surface area contributed by atoms with E-state index in [9.17, 15) is 14.9 Å². The number of carbonyl (C=O) groups excluding carboxylic acids is 1. The molecule has 2 aromatic rings. The third kappa shape index (κ3) is 4.32. The smallest absolute Gasteiger partial charge is 0.285 e. The van der Waals surface area contributed by atoms with Gasteiger partial charge < -0.3 is 10.1 Å². The summed E-state index contributed by atoms with van der Waals surface area (Å²) in [4.78, 5) is 22.9. The lowest BCUT2D eigenvalue weighted by Crippen LogP contribution is -2.24. The maximum atomic E-state index is 12.3. The van der Waals surface area contributed by atoms with E-state index in [2.05, 4.69) is 5.32 Å². The number of amides is 1. The van der Waals surface area contributed by atoms with Crippen molar-refractivity contribution >= 4 is 11.6 Å². The monoisotopic (exact) mass is 328 g/mol. The minimum Gasteiger partial charge on any atom is -0.491 e. The predicted molar refractivity (Wildman–Crippen MR) is 91.2 cm³/mol. The van der Waals surface area contributed by atoms with Crippen LogP contribution in [0.2, 0.25) is 0 Å². The lowest BCUT2D eigenvalue weighted by atomic mass is 10.1. The van der Waals surface area contributed by atoms with Crippen LogP contribution in [-0.4, -0.2) is 16.9 Å². The van der Waals surface area contributed by atoms with Gasteiger partial charge in [0.15, 0.2) is 0 Å². The van der Waals surface area contributed by atoms with Gasteiger partial charge in [-0.25, -0.2) is 0 Å². The molecule has 0 spiro atoms. The molecule has 0 aliphatic rings. The Bertz CT molecular complexity index is 739. The fourth-order valence-electron chi connectivity index (χ4n) is 2.32. The molecule has 0 bridgehead atoms. The molecule has 0 fully saturated rings. The van der Waals surface area contributed by atoms with Crippen molar-refractivity contribution in [1.29, 1.82) is 0 Å². The van der Waals surface area contributed by atoms with E-state index in [0.717, 1.165) is 11.3 Å². The second-order valence-electron chi connectivity index (χ2n) is 5.72. The zero-order chi connectivity index (χ0) is 17.7. The van der Waals surface area contributed by atoms with Crippen LogP contribution in [0.15, 0.2) is 42.5 Å². The molecule has 0 heterocycles. The van der Waals surface area contributed by atoms with E-state index in [1.165, 1.54) is 6.07 Å². The summed E-state index contributed by atoms with van der Waals surface area (Å²) in [7, 11) is 0. The molecule has 6 nitrogen and oxygen atoms in total. The fraction of sp³-hybridized carbons (Fsp3) is 0.278. The molecule has 2 aromatic carbocycles. The van der Waals surface area contributed by atoms with Crippen LogP contribution in [0.1, 0.15) is 35.3 Å². The van der Waals surface area contributed by atoms with Crippen LogP contribution in [0, 0.1) is 17.0 Å². The maximum absolute atomic E-state index is 12.3. The van der Waals surface area contributed by atoms with E-state index in [1.54, 1.807) is 19.1 Å². The third-order valence-corrected chi connectivity index (χ3v) is 3.41. The van der Waals surface area contributed by atoms with Crippen molar-refractivity contribution in [2.75, 3.05) is 0 Å². The molecule has 0 radical (unpaired) electrons. The summed E-state index contributed by atoms with van der Waals surface area (Å²) in [5, 5.41) is 13.9. The van der Waals surface area contributed by atoms with Crippen molar-refractivity contribution in [2.45, 2.75) is 33.4 Å². The zero-order valence-corrected chi connectivity index (χ0v) is 13.9. The Hall–Kier alpha value is -2.89. The number of rotatable bonds is 6. The van der Waals surface area contributed by atoms with Gasteiger partial charge in [0.2, 0.25) is 0 Å². The second-order valence-corrected chi connectivity index (χ2v) is 5.72. The van der Waals surface area contributed by atoms with Crippen molar-refractivity contribution in [3.63, 3.8) is 0 Å². The molecular weight excluding hydrogens is 308 g/mol. The Morgan fingerprint density at radius 2 is 1.88 bits per heavy atom. The molecule has 0 saturated carbocycles. The quantitative estimate of drug-likeness (QED) is 0.648. The summed E-state index contributed by atoms with van der Waals surface area (Å²) in [6.07, 6.45) is 0.0948. The molecular formula is C18H20N2O4. The number of nitrogens with one attached hydrogen (secondary N) is 1. The zero-order valence-electron chi connectivity index (χ0n) is 13.9. The number of ether oxygens (including phenoxy) is 1. The third-order valence-electron chi connectivity index (χ3n) is 3.41. The Morgan fingerprint density at radius 3 is 2.46 bits per heavy atom. The van der Waals surface area contributed by atoms with Gasteiger partial charge in [-0.2, -0.15) is 0 Å². The molecule has 0 unspecified atom stereocenters. The van der Waals surface area contributed by atoms with Crippen LogP contribution in [0.3, 0.4) is 0 Å². The molecule has 0 saturated heterocycles. The minimum atomic E-state index is -0.526.